The lowest BCUT2D eigenvalue weighted by atomic mass is 10.1. The first-order chi connectivity index (χ1) is 8.83. The van der Waals surface area contributed by atoms with E-state index in [4.69, 9.17) is 4.74 Å². The largest absolute Gasteiger partial charge is 0.493 e. The maximum absolute atomic E-state index is 11.9. The summed E-state index contributed by atoms with van der Waals surface area (Å²) in [5.74, 6) is -0.176. The molecule has 1 rings (SSSR count). The number of hydrogen-bond acceptors (Lipinski definition) is 3. The van der Waals surface area contributed by atoms with Crippen LogP contribution in [0.2, 0.25) is 0 Å². The smallest absolute Gasteiger partial charge is 0.411 e. The second kappa shape index (κ2) is 6.56. The van der Waals surface area contributed by atoms with E-state index < -0.39 is 25.2 Å². The number of Topliss-reactive ketones (excluding diaryl/α,β-unsaturated/α-hetero) is 1. The van der Waals surface area contributed by atoms with Gasteiger partial charge in [-0.1, -0.05) is 11.6 Å². The third-order valence-corrected chi connectivity index (χ3v) is 2.23. The van der Waals surface area contributed by atoms with E-state index in [-0.39, 0.29) is 5.56 Å². The summed E-state index contributed by atoms with van der Waals surface area (Å²) >= 11 is 0. The fourth-order valence-electron chi connectivity index (χ4n) is 1.48. The van der Waals surface area contributed by atoms with Gasteiger partial charge < -0.3 is 9.47 Å². The van der Waals surface area contributed by atoms with E-state index >= 15 is 0 Å². The number of alkyl halides is 3. The van der Waals surface area contributed by atoms with Crippen LogP contribution in [0.5, 0.6) is 5.75 Å². The van der Waals surface area contributed by atoms with Crippen molar-refractivity contribution in [1.29, 1.82) is 0 Å². The second-order valence-corrected chi connectivity index (χ2v) is 3.96. The summed E-state index contributed by atoms with van der Waals surface area (Å²) in [6.07, 6.45) is -4.43. The number of ether oxygens (including phenoxy) is 2. The van der Waals surface area contributed by atoms with E-state index in [1.165, 1.54) is 0 Å². The lowest BCUT2D eigenvalue weighted by molar-refractivity contribution is -0.170. The molecule has 0 N–H and O–H groups in total. The number of carbonyl (C=O) groups is 1. The van der Waals surface area contributed by atoms with Crippen LogP contribution in [0.3, 0.4) is 0 Å². The minimum atomic E-state index is -4.43. The molecule has 0 aliphatic carbocycles. The molecular weight excluding hydrogens is 261 g/mol. The molecule has 0 bridgehead atoms. The molecule has 1 aromatic carbocycles. The summed E-state index contributed by atoms with van der Waals surface area (Å²) in [6.45, 7) is 1.85. The molecule has 0 spiro atoms. The summed E-state index contributed by atoms with van der Waals surface area (Å²) in [6, 6.07) is 4.96. The van der Waals surface area contributed by atoms with Crippen molar-refractivity contribution in [1.82, 2.24) is 0 Å². The molecule has 0 amide bonds. The van der Waals surface area contributed by atoms with Crippen molar-refractivity contribution in [3.63, 3.8) is 0 Å². The van der Waals surface area contributed by atoms with E-state index in [1.54, 1.807) is 32.0 Å². The van der Waals surface area contributed by atoms with Crippen LogP contribution in [0.1, 0.15) is 22.8 Å². The van der Waals surface area contributed by atoms with Crippen molar-refractivity contribution in [2.75, 3.05) is 19.8 Å². The molecule has 3 nitrogen and oxygen atoms in total. The number of rotatable bonds is 6. The first-order valence-corrected chi connectivity index (χ1v) is 5.74. The van der Waals surface area contributed by atoms with E-state index in [0.29, 0.717) is 12.4 Å². The summed E-state index contributed by atoms with van der Waals surface area (Å²) in [4.78, 5) is 11.8. The average Bonchev–Trinajstić information content (AvgIpc) is 2.30. The minimum absolute atomic E-state index is 0.240. The van der Waals surface area contributed by atoms with Gasteiger partial charge in [-0.3, -0.25) is 4.79 Å². The molecule has 0 heterocycles. The first-order valence-electron chi connectivity index (χ1n) is 5.74. The van der Waals surface area contributed by atoms with Gasteiger partial charge in [-0.15, -0.1) is 0 Å². The van der Waals surface area contributed by atoms with Crippen LogP contribution < -0.4 is 4.74 Å². The molecule has 0 saturated heterocycles. The zero-order valence-corrected chi connectivity index (χ0v) is 10.7. The second-order valence-electron chi connectivity index (χ2n) is 3.96. The van der Waals surface area contributed by atoms with Crippen LogP contribution in [0.15, 0.2) is 18.2 Å². The lowest BCUT2D eigenvalue weighted by Gasteiger charge is -2.11. The Bertz CT molecular complexity index is 441. The number of carbonyl (C=O) groups excluding carboxylic acids is 1. The fourth-order valence-corrected chi connectivity index (χ4v) is 1.48. The van der Waals surface area contributed by atoms with Crippen LogP contribution in [-0.2, 0) is 4.74 Å². The Morgan fingerprint density at radius 1 is 1.32 bits per heavy atom. The molecule has 19 heavy (non-hydrogen) atoms. The maximum Gasteiger partial charge on any atom is 0.411 e. The van der Waals surface area contributed by atoms with Crippen LogP contribution in [-0.4, -0.2) is 31.8 Å². The van der Waals surface area contributed by atoms with Crippen molar-refractivity contribution >= 4 is 5.78 Å². The van der Waals surface area contributed by atoms with Gasteiger partial charge in [-0.25, -0.2) is 0 Å². The summed E-state index contributed by atoms with van der Waals surface area (Å²) in [7, 11) is 0. The summed E-state index contributed by atoms with van der Waals surface area (Å²) < 4.78 is 45.4. The van der Waals surface area contributed by atoms with E-state index in [9.17, 15) is 18.0 Å². The zero-order chi connectivity index (χ0) is 14.5. The molecule has 106 valence electrons. The van der Waals surface area contributed by atoms with Crippen LogP contribution in [0.4, 0.5) is 13.2 Å². The standard InChI is InChI=1S/C13H15F3O3/c1-3-19-12-5-4-9(2)6-10(12)11(17)7-18-8-13(14,15)16/h4-6H,3,7-8H2,1-2H3. The fraction of sp³-hybridized carbons (Fsp3) is 0.462. The highest BCUT2D eigenvalue weighted by Crippen LogP contribution is 2.21. The average molecular weight is 276 g/mol. The molecular formula is C13H15F3O3. The number of ketones is 1. The van der Waals surface area contributed by atoms with Gasteiger partial charge in [0.25, 0.3) is 0 Å². The number of aryl methyl sites for hydroxylation is 1. The van der Waals surface area contributed by atoms with Gasteiger partial charge in [0.05, 0.1) is 12.2 Å². The highest BCUT2D eigenvalue weighted by molar-refractivity contribution is 5.99. The highest BCUT2D eigenvalue weighted by Gasteiger charge is 2.28. The van der Waals surface area contributed by atoms with Crippen LogP contribution in [0, 0.1) is 6.92 Å². The summed E-state index contributed by atoms with van der Waals surface area (Å²) in [5, 5.41) is 0. The Balaban J connectivity index is 2.72. The van der Waals surface area contributed by atoms with Gasteiger partial charge in [0.15, 0.2) is 5.78 Å². The predicted molar refractivity (Wildman–Crippen MR) is 63.6 cm³/mol. The monoisotopic (exact) mass is 276 g/mol. The predicted octanol–water partition coefficient (Wildman–Crippen LogP) is 3.16. The Morgan fingerprint density at radius 3 is 2.58 bits per heavy atom. The molecule has 0 saturated carbocycles. The van der Waals surface area contributed by atoms with Gasteiger partial charge in [-0.05, 0) is 26.0 Å². The van der Waals surface area contributed by atoms with Crippen LogP contribution >= 0.6 is 0 Å². The molecule has 0 aromatic heterocycles. The van der Waals surface area contributed by atoms with Gasteiger partial charge in [0.1, 0.15) is 19.0 Å². The van der Waals surface area contributed by atoms with Crippen LogP contribution in [0.25, 0.3) is 0 Å². The number of benzene rings is 1. The Labute approximate surface area is 109 Å². The normalized spacial score (nSPS) is 11.4. The number of hydrogen-bond donors (Lipinski definition) is 0. The van der Waals surface area contributed by atoms with Gasteiger partial charge in [-0.2, -0.15) is 13.2 Å². The molecule has 1 aromatic rings. The summed E-state index contributed by atoms with van der Waals surface area (Å²) in [5.41, 5.74) is 1.06. The van der Waals surface area contributed by atoms with Crippen molar-refractivity contribution in [2.24, 2.45) is 0 Å². The zero-order valence-electron chi connectivity index (χ0n) is 10.7. The molecule has 6 heteroatoms. The molecule has 0 aliphatic rings. The molecule has 0 fully saturated rings. The van der Waals surface area contributed by atoms with E-state index in [0.717, 1.165) is 5.56 Å². The third-order valence-electron chi connectivity index (χ3n) is 2.23. The quantitative estimate of drug-likeness (QED) is 0.749. The Hall–Kier alpha value is -1.56. The lowest BCUT2D eigenvalue weighted by Crippen LogP contribution is -2.20. The molecule has 0 aliphatic heterocycles. The van der Waals surface area contributed by atoms with Gasteiger partial charge in [0, 0.05) is 0 Å². The third kappa shape index (κ3) is 5.30. The van der Waals surface area contributed by atoms with E-state index in [1.807, 2.05) is 0 Å². The van der Waals surface area contributed by atoms with E-state index in [2.05, 4.69) is 4.74 Å². The Morgan fingerprint density at radius 2 is 2.00 bits per heavy atom. The van der Waals surface area contributed by atoms with Crippen molar-refractivity contribution in [3.8, 4) is 5.75 Å². The Kier molecular flexibility index (Phi) is 5.35. The van der Waals surface area contributed by atoms with Crippen molar-refractivity contribution in [2.45, 2.75) is 20.0 Å². The van der Waals surface area contributed by atoms with Crippen molar-refractivity contribution in [3.05, 3.63) is 29.3 Å². The van der Waals surface area contributed by atoms with Gasteiger partial charge in [0.2, 0.25) is 0 Å². The molecule has 0 radical (unpaired) electrons. The maximum atomic E-state index is 11.9. The molecule has 0 atom stereocenters. The highest BCUT2D eigenvalue weighted by atomic mass is 19.4. The topological polar surface area (TPSA) is 35.5 Å². The minimum Gasteiger partial charge on any atom is -0.493 e. The SMILES string of the molecule is CCOc1ccc(C)cc1C(=O)COCC(F)(F)F. The van der Waals surface area contributed by atoms with Crippen molar-refractivity contribution < 1.29 is 27.4 Å². The van der Waals surface area contributed by atoms with Gasteiger partial charge >= 0.3 is 6.18 Å². The molecule has 0 unspecified atom stereocenters. The first kappa shape index (κ1) is 15.5. The number of halogens is 3.